The molecule has 1 amide bonds. The summed E-state index contributed by atoms with van der Waals surface area (Å²) in [6.07, 6.45) is 2.94. The number of carbonyl (C=O) groups is 2. The van der Waals surface area contributed by atoms with Crippen LogP contribution in [-0.2, 0) is 4.74 Å². The van der Waals surface area contributed by atoms with Crippen molar-refractivity contribution in [3.05, 3.63) is 23.9 Å². The number of aromatic nitrogens is 1. The molecule has 23 heavy (non-hydrogen) atoms. The molecule has 0 radical (unpaired) electrons. The first-order chi connectivity index (χ1) is 10.8. The molecule has 0 fully saturated rings. The lowest BCUT2D eigenvalue weighted by molar-refractivity contribution is 0.0527. The van der Waals surface area contributed by atoms with Crippen molar-refractivity contribution in [1.29, 1.82) is 0 Å². The molecule has 0 atom stereocenters. The van der Waals surface area contributed by atoms with Crippen LogP contribution in [0.5, 0.6) is 5.88 Å². The van der Waals surface area contributed by atoms with Crippen molar-refractivity contribution in [1.82, 2.24) is 10.3 Å². The number of ether oxygens (including phenoxy) is 2. The number of amides is 1. The third-order valence-electron chi connectivity index (χ3n) is 2.85. The van der Waals surface area contributed by atoms with E-state index < -0.39 is 11.7 Å². The second-order valence-corrected chi connectivity index (χ2v) is 6.10. The van der Waals surface area contributed by atoms with E-state index in [0.29, 0.717) is 43.9 Å². The van der Waals surface area contributed by atoms with Crippen LogP contribution in [-0.4, -0.2) is 35.6 Å². The first-order valence-corrected chi connectivity index (χ1v) is 7.91. The van der Waals surface area contributed by atoms with Gasteiger partial charge in [-0.05, 0) is 52.7 Å². The van der Waals surface area contributed by atoms with Crippen molar-refractivity contribution in [2.24, 2.45) is 0 Å². The maximum atomic E-state index is 12.2. The van der Waals surface area contributed by atoms with Crippen LogP contribution >= 0.6 is 0 Å². The van der Waals surface area contributed by atoms with Gasteiger partial charge in [0.1, 0.15) is 5.60 Å². The zero-order valence-corrected chi connectivity index (χ0v) is 14.3. The fourth-order valence-electron chi connectivity index (χ4n) is 1.90. The molecule has 0 unspecified atom stereocenters. The van der Waals surface area contributed by atoms with Gasteiger partial charge in [0.25, 0.3) is 0 Å². The highest BCUT2D eigenvalue weighted by atomic mass is 16.6. The van der Waals surface area contributed by atoms with Gasteiger partial charge in [-0.2, -0.15) is 0 Å². The molecule has 128 valence electrons. The monoisotopic (exact) mass is 322 g/mol. The molecule has 1 N–H and O–H groups in total. The summed E-state index contributed by atoms with van der Waals surface area (Å²) in [6.45, 7) is 8.25. The van der Waals surface area contributed by atoms with Crippen molar-refractivity contribution in [2.45, 2.75) is 52.6 Å². The summed E-state index contributed by atoms with van der Waals surface area (Å²) in [5.41, 5.74) is 0.00482. The maximum Gasteiger partial charge on any atom is 0.407 e. The molecule has 1 heterocycles. The van der Waals surface area contributed by atoms with Gasteiger partial charge in [0, 0.05) is 19.2 Å². The van der Waals surface area contributed by atoms with E-state index in [9.17, 15) is 9.59 Å². The highest BCUT2D eigenvalue weighted by molar-refractivity contribution is 5.98. The van der Waals surface area contributed by atoms with Gasteiger partial charge in [-0.3, -0.25) is 4.79 Å². The number of pyridine rings is 1. The van der Waals surface area contributed by atoms with Crippen molar-refractivity contribution in [2.75, 3.05) is 13.2 Å². The largest absolute Gasteiger partial charge is 0.477 e. The second kappa shape index (κ2) is 9.12. The lowest BCUT2D eigenvalue weighted by atomic mass is 10.1. The zero-order valence-electron chi connectivity index (χ0n) is 14.3. The Labute approximate surface area is 137 Å². The van der Waals surface area contributed by atoms with Crippen molar-refractivity contribution in [3.8, 4) is 5.88 Å². The van der Waals surface area contributed by atoms with Crippen molar-refractivity contribution in [3.63, 3.8) is 0 Å². The van der Waals surface area contributed by atoms with Gasteiger partial charge >= 0.3 is 6.09 Å². The van der Waals surface area contributed by atoms with Crippen LogP contribution in [0.25, 0.3) is 0 Å². The summed E-state index contributed by atoms with van der Waals surface area (Å²) in [5, 5.41) is 2.67. The first kappa shape index (κ1) is 18.9. The smallest absolute Gasteiger partial charge is 0.407 e. The molecule has 1 rings (SSSR count). The third kappa shape index (κ3) is 7.63. The molecule has 1 aromatic rings. The number of alkyl carbamates (subject to hydrolysis) is 1. The van der Waals surface area contributed by atoms with Crippen LogP contribution in [0.1, 0.15) is 57.3 Å². The van der Waals surface area contributed by atoms with Gasteiger partial charge in [-0.1, -0.05) is 0 Å². The molecule has 0 aliphatic heterocycles. The normalized spacial score (nSPS) is 11.0. The standard InChI is InChI=1S/C17H26N2O4/c1-5-22-15-13(9-8-12-18-15)14(20)10-6-7-11-19-16(21)23-17(2,3)4/h8-9,12H,5-7,10-11H2,1-4H3,(H,19,21). The Balaban J connectivity index is 2.31. The molecule has 0 saturated carbocycles. The Kier molecular flexibility index (Phi) is 7.51. The second-order valence-electron chi connectivity index (χ2n) is 6.10. The van der Waals surface area contributed by atoms with Crippen LogP contribution in [0.4, 0.5) is 4.79 Å². The first-order valence-electron chi connectivity index (χ1n) is 7.91. The average molecular weight is 322 g/mol. The average Bonchev–Trinajstić information content (AvgIpc) is 2.45. The number of Topliss-reactive ketones (excluding diaryl/α,β-unsaturated/α-hetero) is 1. The Bertz CT molecular complexity index is 524. The van der Waals surface area contributed by atoms with Crippen LogP contribution in [0, 0.1) is 0 Å². The molecule has 0 aromatic carbocycles. The topological polar surface area (TPSA) is 77.5 Å². The van der Waals surface area contributed by atoms with Crippen LogP contribution in [0.3, 0.4) is 0 Å². The van der Waals surface area contributed by atoms with E-state index in [0.717, 1.165) is 0 Å². The summed E-state index contributed by atoms with van der Waals surface area (Å²) in [5.74, 6) is 0.380. The number of rotatable bonds is 8. The Morgan fingerprint density at radius 3 is 2.65 bits per heavy atom. The van der Waals surface area contributed by atoms with Gasteiger partial charge in [0.15, 0.2) is 5.78 Å². The molecule has 0 spiro atoms. The fraction of sp³-hybridized carbons (Fsp3) is 0.588. The number of ketones is 1. The predicted molar refractivity (Wildman–Crippen MR) is 87.8 cm³/mol. The van der Waals surface area contributed by atoms with E-state index in [1.54, 1.807) is 18.3 Å². The van der Waals surface area contributed by atoms with E-state index in [4.69, 9.17) is 9.47 Å². The summed E-state index contributed by atoms with van der Waals surface area (Å²) < 4.78 is 10.5. The quantitative estimate of drug-likeness (QED) is 0.586. The van der Waals surface area contributed by atoms with Gasteiger partial charge in [0.2, 0.25) is 5.88 Å². The number of carbonyl (C=O) groups excluding carboxylic acids is 2. The Hall–Kier alpha value is -2.11. The highest BCUT2D eigenvalue weighted by Crippen LogP contribution is 2.17. The van der Waals surface area contributed by atoms with Crippen LogP contribution in [0.2, 0.25) is 0 Å². The molecule has 6 nitrogen and oxygen atoms in total. The van der Waals surface area contributed by atoms with E-state index >= 15 is 0 Å². The van der Waals surface area contributed by atoms with Crippen molar-refractivity contribution < 1.29 is 19.1 Å². The molecule has 1 aromatic heterocycles. The van der Waals surface area contributed by atoms with Gasteiger partial charge < -0.3 is 14.8 Å². The van der Waals surface area contributed by atoms with Gasteiger partial charge in [-0.15, -0.1) is 0 Å². The molecule has 0 aliphatic rings. The minimum atomic E-state index is -0.504. The summed E-state index contributed by atoms with van der Waals surface area (Å²) in [7, 11) is 0. The molecular formula is C17H26N2O4. The number of hydrogen-bond acceptors (Lipinski definition) is 5. The molecule has 0 saturated heterocycles. The SMILES string of the molecule is CCOc1ncccc1C(=O)CCCCNC(=O)OC(C)(C)C. The molecule has 0 bridgehead atoms. The van der Waals surface area contributed by atoms with Crippen molar-refractivity contribution >= 4 is 11.9 Å². The minimum absolute atomic E-state index is 0.00109. The van der Waals surface area contributed by atoms with Crippen LogP contribution < -0.4 is 10.1 Å². The van der Waals surface area contributed by atoms with E-state index in [2.05, 4.69) is 10.3 Å². The van der Waals surface area contributed by atoms with E-state index in [1.807, 2.05) is 27.7 Å². The highest BCUT2D eigenvalue weighted by Gasteiger charge is 2.16. The van der Waals surface area contributed by atoms with Crippen LogP contribution in [0.15, 0.2) is 18.3 Å². The fourth-order valence-corrected chi connectivity index (χ4v) is 1.90. The predicted octanol–water partition coefficient (Wildman–Crippen LogP) is 3.36. The van der Waals surface area contributed by atoms with Gasteiger partial charge in [-0.25, -0.2) is 9.78 Å². The number of hydrogen-bond donors (Lipinski definition) is 1. The summed E-state index contributed by atoms with van der Waals surface area (Å²) in [6, 6.07) is 3.44. The maximum absolute atomic E-state index is 12.2. The van der Waals surface area contributed by atoms with Gasteiger partial charge in [0.05, 0.1) is 12.2 Å². The number of nitrogens with zero attached hydrogens (tertiary/aromatic N) is 1. The number of nitrogens with one attached hydrogen (secondary N) is 1. The Morgan fingerprint density at radius 1 is 1.26 bits per heavy atom. The third-order valence-corrected chi connectivity index (χ3v) is 2.85. The lowest BCUT2D eigenvalue weighted by Gasteiger charge is -2.19. The zero-order chi connectivity index (χ0) is 17.3. The molecular weight excluding hydrogens is 296 g/mol. The molecule has 0 aliphatic carbocycles. The van der Waals surface area contributed by atoms with E-state index in [1.165, 1.54) is 0 Å². The Morgan fingerprint density at radius 2 is 2.00 bits per heavy atom. The van der Waals surface area contributed by atoms with E-state index in [-0.39, 0.29) is 5.78 Å². The minimum Gasteiger partial charge on any atom is -0.477 e. The summed E-state index contributed by atoms with van der Waals surface area (Å²) >= 11 is 0. The number of unbranched alkanes of at least 4 members (excludes halogenated alkanes) is 1. The lowest BCUT2D eigenvalue weighted by Crippen LogP contribution is -2.33. The molecule has 6 heteroatoms. The summed E-state index contributed by atoms with van der Waals surface area (Å²) in [4.78, 5) is 27.7.